The zero-order valence-corrected chi connectivity index (χ0v) is 12.5. The summed E-state index contributed by atoms with van der Waals surface area (Å²) in [5.74, 6) is -0.919. The Bertz CT molecular complexity index is 677. The van der Waals surface area contributed by atoms with E-state index in [2.05, 4.69) is 29.2 Å². The van der Waals surface area contributed by atoms with Crippen molar-refractivity contribution in [2.24, 2.45) is 5.73 Å². The highest BCUT2D eigenvalue weighted by atomic mass is 16.4. The number of hydrogen-bond acceptors (Lipinski definition) is 3. The standard InChI is InChI=1S/C13H13N.C6H5NO2/c14-13(11-7-3-1-4-8-11)12-9-5-2-6-10-12;8-6(9)5-1-3-7-4-2-5/h1-10,13H,14H2;1-4H,(H,8,9). The molecular weight excluding hydrogens is 288 g/mol. The Hall–Kier alpha value is -2.98. The van der Waals surface area contributed by atoms with Crippen molar-refractivity contribution in [3.8, 4) is 0 Å². The Morgan fingerprint density at radius 3 is 1.61 bits per heavy atom. The summed E-state index contributed by atoms with van der Waals surface area (Å²) in [7, 11) is 0. The van der Waals surface area contributed by atoms with E-state index in [1.807, 2.05) is 36.4 Å². The number of pyridine rings is 1. The number of benzene rings is 2. The fourth-order valence-electron chi connectivity index (χ4n) is 2.01. The van der Waals surface area contributed by atoms with E-state index in [0.29, 0.717) is 0 Å². The Morgan fingerprint density at radius 1 is 0.826 bits per heavy atom. The predicted octanol–water partition coefficient (Wildman–Crippen LogP) is 3.51. The second-order valence-electron chi connectivity index (χ2n) is 4.84. The van der Waals surface area contributed by atoms with Gasteiger partial charge in [-0.1, -0.05) is 60.7 Å². The topological polar surface area (TPSA) is 76.2 Å². The van der Waals surface area contributed by atoms with Gasteiger partial charge in [-0.15, -0.1) is 0 Å². The fourth-order valence-corrected chi connectivity index (χ4v) is 2.01. The average molecular weight is 306 g/mol. The molecule has 4 heteroatoms. The first-order chi connectivity index (χ1) is 11.2. The van der Waals surface area contributed by atoms with Crippen molar-refractivity contribution < 1.29 is 9.90 Å². The number of nitrogens with zero attached hydrogens (tertiary/aromatic N) is 1. The van der Waals surface area contributed by atoms with E-state index >= 15 is 0 Å². The molecule has 3 N–H and O–H groups in total. The number of rotatable bonds is 3. The first kappa shape index (κ1) is 16.4. The van der Waals surface area contributed by atoms with Crippen molar-refractivity contribution in [2.45, 2.75) is 6.04 Å². The molecule has 0 aliphatic rings. The second kappa shape index (κ2) is 8.46. The molecule has 0 aliphatic carbocycles. The van der Waals surface area contributed by atoms with Gasteiger partial charge in [-0.3, -0.25) is 4.98 Å². The normalized spacial score (nSPS) is 9.83. The molecule has 0 fully saturated rings. The molecule has 1 aromatic heterocycles. The zero-order valence-electron chi connectivity index (χ0n) is 12.5. The van der Waals surface area contributed by atoms with E-state index in [-0.39, 0.29) is 11.6 Å². The van der Waals surface area contributed by atoms with Gasteiger partial charge < -0.3 is 10.8 Å². The van der Waals surface area contributed by atoms with E-state index in [1.165, 1.54) is 24.5 Å². The minimum absolute atomic E-state index is 0.0163. The summed E-state index contributed by atoms with van der Waals surface area (Å²) in [6, 6.07) is 23.1. The number of carbonyl (C=O) groups is 1. The van der Waals surface area contributed by atoms with Gasteiger partial charge in [0.2, 0.25) is 0 Å². The summed E-state index contributed by atoms with van der Waals surface area (Å²) in [5.41, 5.74) is 8.69. The Balaban J connectivity index is 0.000000185. The fraction of sp³-hybridized carbons (Fsp3) is 0.0526. The minimum Gasteiger partial charge on any atom is -0.478 e. The Morgan fingerprint density at radius 2 is 1.26 bits per heavy atom. The van der Waals surface area contributed by atoms with Crippen LogP contribution in [-0.2, 0) is 0 Å². The van der Waals surface area contributed by atoms with E-state index < -0.39 is 5.97 Å². The Labute approximate surface area is 135 Å². The van der Waals surface area contributed by atoms with Crippen molar-refractivity contribution in [3.63, 3.8) is 0 Å². The highest BCUT2D eigenvalue weighted by Crippen LogP contribution is 2.18. The second-order valence-corrected chi connectivity index (χ2v) is 4.84. The van der Waals surface area contributed by atoms with Crippen molar-refractivity contribution in [1.29, 1.82) is 0 Å². The maximum atomic E-state index is 10.2. The molecule has 1 heterocycles. The van der Waals surface area contributed by atoms with Gasteiger partial charge in [0.1, 0.15) is 0 Å². The summed E-state index contributed by atoms with van der Waals surface area (Å²) in [5, 5.41) is 8.36. The molecule has 0 saturated carbocycles. The molecule has 116 valence electrons. The summed E-state index contributed by atoms with van der Waals surface area (Å²) in [6.07, 6.45) is 2.90. The summed E-state index contributed by atoms with van der Waals surface area (Å²) in [4.78, 5) is 13.8. The van der Waals surface area contributed by atoms with Crippen molar-refractivity contribution >= 4 is 5.97 Å². The molecular formula is C19H18N2O2. The van der Waals surface area contributed by atoms with Crippen LogP contribution in [0.4, 0.5) is 0 Å². The lowest BCUT2D eigenvalue weighted by atomic mass is 10.00. The molecule has 0 amide bonds. The molecule has 0 unspecified atom stereocenters. The highest BCUT2D eigenvalue weighted by Gasteiger charge is 2.06. The van der Waals surface area contributed by atoms with Crippen LogP contribution in [-0.4, -0.2) is 16.1 Å². The van der Waals surface area contributed by atoms with Crippen molar-refractivity contribution in [3.05, 3.63) is 102 Å². The number of carboxylic acids is 1. The third-order valence-electron chi connectivity index (χ3n) is 3.24. The maximum absolute atomic E-state index is 10.2. The molecule has 0 radical (unpaired) electrons. The van der Waals surface area contributed by atoms with Gasteiger partial charge in [-0.05, 0) is 23.3 Å². The number of aromatic nitrogens is 1. The first-order valence-electron chi connectivity index (χ1n) is 7.17. The number of nitrogens with two attached hydrogens (primary N) is 1. The van der Waals surface area contributed by atoms with E-state index in [4.69, 9.17) is 10.8 Å². The number of hydrogen-bond donors (Lipinski definition) is 2. The SMILES string of the molecule is NC(c1ccccc1)c1ccccc1.O=C(O)c1ccncc1. The van der Waals surface area contributed by atoms with Crippen LogP contribution in [0.15, 0.2) is 85.2 Å². The van der Waals surface area contributed by atoms with E-state index in [9.17, 15) is 4.79 Å². The van der Waals surface area contributed by atoms with Gasteiger partial charge in [-0.25, -0.2) is 4.79 Å². The molecule has 0 aliphatic heterocycles. The number of carboxylic acid groups (broad SMARTS) is 1. The Kier molecular flexibility index (Phi) is 6.03. The molecule has 0 spiro atoms. The van der Waals surface area contributed by atoms with E-state index in [0.717, 1.165) is 11.1 Å². The van der Waals surface area contributed by atoms with Gasteiger partial charge >= 0.3 is 5.97 Å². The zero-order chi connectivity index (χ0) is 16.5. The van der Waals surface area contributed by atoms with Gasteiger partial charge in [0.25, 0.3) is 0 Å². The van der Waals surface area contributed by atoms with Gasteiger partial charge in [0.15, 0.2) is 0 Å². The maximum Gasteiger partial charge on any atom is 0.335 e. The van der Waals surface area contributed by atoms with Gasteiger partial charge in [-0.2, -0.15) is 0 Å². The third kappa shape index (κ3) is 5.05. The lowest BCUT2D eigenvalue weighted by molar-refractivity contribution is 0.0696. The lowest BCUT2D eigenvalue weighted by Crippen LogP contribution is -2.11. The monoisotopic (exact) mass is 306 g/mol. The summed E-state index contributed by atoms with van der Waals surface area (Å²) < 4.78 is 0. The van der Waals surface area contributed by atoms with Crippen molar-refractivity contribution in [2.75, 3.05) is 0 Å². The van der Waals surface area contributed by atoms with Crippen LogP contribution in [0.25, 0.3) is 0 Å². The van der Waals surface area contributed by atoms with Gasteiger partial charge in [0, 0.05) is 12.4 Å². The molecule has 2 aromatic carbocycles. The summed E-state index contributed by atoms with van der Waals surface area (Å²) >= 11 is 0. The van der Waals surface area contributed by atoms with Crippen LogP contribution in [0.5, 0.6) is 0 Å². The molecule has 0 bridgehead atoms. The average Bonchev–Trinajstić information content (AvgIpc) is 2.64. The quantitative estimate of drug-likeness (QED) is 0.776. The molecule has 4 nitrogen and oxygen atoms in total. The van der Waals surface area contributed by atoms with E-state index in [1.54, 1.807) is 0 Å². The smallest absolute Gasteiger partial charge is 0.335 e. The largest absolute Gasteiger partial charge is 0.478 e. The lowest BCUT2D eigenvalue weighted by Gasteiger charge is -2.11. The van der Waals surface area contributed by atoms with Crippen LogP contribution in [0.1, 0.15) is 27.5 Å². The van der Waals surface area contributed by atoms with Crippen molar-refractivity contribution in [1.82, 2.24) is 4.98 Å². The third-order valence-corrected chi connectivity index (χ3v) is 3.24. The minimum atomic E-state index is -0.919. The van der Waals surface area contributed by atoms with Crippen LogP contribution in [0.2, 0.25) is 0 Å². The molecule has 0 atom stereocenters. The van der Waals surface area contributed by atoms with Gasteiger partial charge in [0.05, 0.1) is 11.6 Å². The predicted molar refractivity (Wildman–Crippen MR) is 90.1 cm³/mol. The molecule has 0 saturated heterocycles. The van der Waals surface area contributed by atoms with Crippen LogP contribution < -0.4 is 5.73 Å². The van der Waals surface area contributed by atoms with Crippen LogP contribution in [0, 0.1) is 0 Å². The molecule has 23 heavy (non-hydrogen) atoms. The summed E-state index contributed by atoms with van der Waals surface area (Å²) in [6.45, 7) is 0. The molecule has 3 aromatic rings. The number of aromatic carboxylic acids is 1. The molecule has 3 rings (SSSR count). The first-order valence-corrected chi connectivity index (χ1v) is 7.17. The highest BCUT2D eigenvalue weighted by molar-refractivity contribution is 5.87. The van der Waals surface area contributed by atoms with Crippen LogP contribution in [0.3, 0.4) is 0 Å². The van der Waals surface area contributed by atoms with Crippen LogP contribution >= 0.6 is 0 Å².